The minimum absolute atomic E-state index is 0.0103. The van der Waals surface area contributed by atoms with Crippen LogP contribution < -0.4 is 5.73 Å². The highest BCUT2D eigenvalue weighted by Gasteiger charge is 2.02. The number of hydrogen-bond acceptors (Lipinski definition) is 3. The van der Waals surface area contributed by atoms with Gasteiger partial charge in [0.15, 0.2) is 0 Å². The van der Waals surface area contributed by atoms with Crippen molar-refractivity contribution in [2.45, 2.75) is 0 Å². The average molecular weight is 210 g/mol. The highest BCUT2D eigenvalue weighted by atomic mass is 32.1. The second kappa shape index (κ2) is 5.57. The number of carbonyl (C=O) groups is 1. The summed E-state index contributed by atoms with van der Waals surface area (Å²) in [6, 6.07) is 3.93. The molecule has 1 aromatic rings. The zero-order valence-electron chi connectivity index (χ0n) is 8.14. The lowest BCUT2D eigenvalue weighted by molar-refractivity contribution is -0.124. The predicted octanol–water partition coefficient (Wildman–Crippen LogP) is 1.18. The number of hydrogen-bond donors (Lipinski definition) is 1. The number of thiophene rings is 1. The fraction of sp³-hybridized carbons (Fsp3) is 0.300. The maximum absolute atomic E-state index is 11.4. The first-order valence-corrected chi connectivity index (χ1v) is 5.28. The van der Waals surface area contributed by atoms with Crippen molar-refractivity contribution in [1.29, 1.82) is 0 Å². The molecule has 0 aliphatic carbocycles. The van der Waals surface area contributed by atoms with Gasteiger partial charge in [-0.2, -0.15) is 0 Å². The largest absolute Gasteiger partial charge is 0.341 e. The number of likely N-dealkylation sites (N-methyl/N-ethyl adjacent to an activating group) is 1. The smallest absolute Gasteiger partial charge is 0.246 e. The summed E-state index contributed by atoms with van der Waals surface area (Å²) >= 11 is 1.61. The molecule has 0 saturated heterocycles. The third-order valence-electron chi connectivity index (χ3n) is 1.77. The van der Waals surface area contributed by atoms with E-state index < -0.39 is 0 Å². The van der Waals surface area contributed by atoms with Gasteiger partial charge in [0.25, 0.3) is 0 Å². The molecule has 0 aliphatic heterocycles. The lowest BCUT2D eigenvalue weighted by Crippen LogP contribution is -2.30. The number of carbonyl (C=O) groups excluding carboxylic acids is 1. The van der Waals surface area contributed by atoms with Crippen LogP contribution in [0.5, 0.6) is 0 Å². The normalized spacial score (nSPS) is 10.7. The molecule has 14 heavy (non-hydrogen) atoms. The van der Waals surface area contributed by atoms with Gasteiger partial charge in [-0.25, -0.2) is 0 Å². The first-order chi connectivity index (χ1) is 6.74. The first-order valence-electron chi connectivity index (χ1n) is 4.41. The van der Waals surface area contributed by atoms with Crippen LogP contribution in [0.2, 0.25) is 0 Å². The first kappa shape index (κ1) is 10.9. The Bertz CT molecular complexity index is 306. The predicted molar refractivity (Wildman–Crippen MR) is 60.0 cm³/mol. The number of rotatable bonds is 4. The summed E-state index contributed by atoms with van der Waals surface area (Å²) in [6.07, 6.45) is 3.39. The van der Waals surface area contributed by atoms with Crippen molar-refractivity contribution in [3.63, 3.8) is 0 Å². The lowest BCUT2D eigenvalue weighted by atomic mass is 10.4. The molecule has 1 heterocycles. The summed E-state index contributed by atoms with van der Waals surface area (Å²) in [5, 5.41) is 1.98. The molecule has 0 aromatic carbocycles. The summed E-state index contributed by atoms with van der Waals surface area (Å²) in [6.45, 7) is 1.09. The van der Waals surface area contributed by atoms with Crippen molar-refractivity contribution in [1.82, 2.24) is 4.90 Å². The summed E-state index contributed by atoms with van der Waals surface area (Å²) in [7, 11) is 1.74. The van der Waals surface area contributed by atoms with Crippen molar-refractivity contribution in [3.05, 3.63) is 28.5 Å². The Kier molecular flexibility index (Phi) is 4.35. The molecule has 1 amide bonds. The Morgan fingerprint density at radius 1 is 1.71 bits per heavy atom. The molecule has 0 atom stereocenters. The third-order valence-corrected chi connectivity index (χ3v) is 2.61. The van der Waals surface area contributed by atoms with Gasteiger partial charge in [0.1, 0.15) is 0 Å². The van der Waals surface area contributed by atoms with E-state index >= 15 is 0 Å². The van der Waals surface area contributed by atoms with E-state index in [9.17, 15) is 4.79 Å². The van der Waals surface area contributed by atoms with Crippen LogP contribution in [0, 0.1) is 0 Å². The van der Waals surface area contributed by atoms with E-state index in [0.29, 0.717) is 13.1 Å². The highest BCUT2D eigenvalue weighted by Crippen LogP contribution is 2.10. The fourth-order valence-corrected chi connectivity index (χ4v) is 1.59. The van der Waals surface area contributed by atoms with Crippen LogP contribution in [0.25, 0.3) is 6.08 Å². The van der Waals surface area contributed by atoms with E-state index in [2.05, 4.69) is 0 Å². The third kappa shape index (κ3) is 3.32. The van der Waals surface area contributed by atoms with Crippen LogP contribution in [0.3, 0.4) is 0 Å². The van der Waals surface area contributed by atoms with E-state index in [1.807, 2.05) is 23.6 Å². The quantitative estimate of drug-likeness (QED) is 0.758. The Morgan fingerprint density at radius 3 is 3.07 bits per heavy atom. The molecule has 0 spiro atoms. The SMILES string of the molecule is CN(CCN)C(=O)C=Cc1cccs1. The van der Waals surface area contributed by atoms with Gasteiger partial charge in [-0.15, -0.1) is 11.3 Å². The molecule has 0 fully saturated rings. The molecule has 1 rings (SSSR count). The van der Waals surface area contributed by atoms with Crippen LogP contribution in [0.4, 0.5) is 0 Å². The second-order valence-electron chi connectivity index (χ2n) is 2.90. The van der Waals surface area contributed by atoms with Crippen molar-refractivity contribution in [3.8, 4) is 0 Å². The van der Waals surface area contributed by atoms with Gasteiger partial charge in [0.2, 0.25) is 5.91 Å². The van der Waals surface area contributed by atoms with E-state index in [1.165, 1.54) is 0 Å². The zero-order chi connectivity index (χ0) is 10.4. The Balaban J connectivity index is 2.48. The monoisotopic (exact) mass is 210 g/mol. The van der Waals surface area contributed by atoms with Gasteiger partial charge in [-0.05, 0) is 17.5 Å². The van der Waals surface area contributed by atoms with Gasteiger partial charge in [-0.3, -0.25) is 4.79 Å². The fourth-order valence-electron chi connectivity index (χ4n) is 0.971. The molecule has 0 aliphatic rings. The molecule has 2 N–H and O–H groups in total. The van der Waals surface area contributed by atoms with E-state index in [1.54, 1.807) is 29.4 Å². The molecule has 0 unspecified atom stereocenters. The summed E-state index contributed by atoms with van der Waals surface area (Å²) in [5.74, 6) is -0.0103. The maximum Gasteiger partial charge on any atom is 0.246 e. The minimum Gasteiger partial charge on any atom is -0.341 e. The number of nitrogens with two attached hydrogens (primary N) is 1. The van der Waals surface area contributed by atoms with Gasteiger partial charge in [0.05, 0.1) is 0 Å². The molecule has 0 bridgehead atoms. The Morgan fingerprint density at radius 2 is 2.50 bits per heavy atom. The maximum atomic E-state index is 11.4. The van der Waals surface area contributed by atoms with Crippen molar-refractivity contribution < 1.29 is 4.79 Å². The zero-order valence-corrected chi connectivity index (χ0v) is 8.96. The molecular formula is C10H14N2OS. The Hall–Kier alpha value is -1.13. The second-order valence-corrected chi connectivity index (χ2v) is 3.88. The van der Waals surface area contributed by atoms with Gasteiger partial charge < -0.3 is 10.6 Å². The van der Waals surface area contributed by atoms with Crippen LogP contribution in [-0.4, -0.2) is 30.9 Å². The lowest BCUT2D eigenvalue weighted by Gasteiger charge is -2.12. The van der Waals surface area contributed by atoms with E-state index in [0.717, 1.165) is 4.88 Å². The summed E-state index contributed by atoms with van der Waals surface area (Å²) in [5.41, 5.74) is 5.34. The minimum atomic E-state index is -0.0103. The summed E-state index contributed by atoms with van der Waals surface area (Å²) in [4.78, 5) is 14.1. The molecule has 1 aromatic heterocycles. The molecule has 0 radical (unpaired) electrons. The molecule has 4 heteroatoms. The van der Waals surface area contributed by atoms with Crippen LogP contribution in [0.1, 0.15) is 4.88 Å². The topological polar surface area (TPSA) is 46.3 Å². The molecule has 0 saturated carbocycles. The van der Waals surface area contributed by atoms with Crippen LogP contribution >= 0.6 is 11.3 Å². The van der Waals surface area contributed by atoms with Crippen LogP contribution in [0.15, 0.2) is 23.6 Å². The van der Waals surface area contributed by atoms with E-state index in [4.69, 9.17) is 5.73 Å². The van der Waals surface area contributed by atoms with Crippen molar-refractivity contribution in [2.24, 2.45) is 5.73 Å². The summed E-state index contributed by atoms with van der Waals surface area (Å²) < 4.78 is 0. The molecule has 76 valence electrons. The molecular weight excluding hydrogens is 196 g/mol. The Labute approximate surface area is 87.8 Å². The van der Waals surface area contributed by atoms with Gasteiger partial charge in [0, 0.05) is 31.1 Å². The van der Waals surface area contributed by atoms with Crippen LogP contribution in [-0.2, 0) is 4.79 Å². The van der Waals surface area contributed by atoms with Crippen molar-refractivity contribution in [2.75, 3.05) is 20.1 Å². The number of amides is 1. The van der Waals surface area contributed by atoms with Gasteiger partial charge in [-0.1, -0.05) is 6.07 Å². The highest BCUT2D eigenvalue weighted by molar-refractivity contribution is 7.10. The standard InChI is InChI=1S/C10H14N2OS/c1-12(7-6-11)10(13)5-4-9-3-2-8-14-9/h2-5,8H,6-7,11H2,1H3. The average Bonchev–Trinajstić information content (AvgIpc) is 2.67. The van der Waals surface area contributed by atoms with Crippen molar-refractivity contribution >= 4 is 23.3 Å². The van der Waals surface area contributed by atoms with E-state index in [-0.39, 0.29) is 5.91 Å². The molecule has 3 nitrogen and oxygen atoms in total. The number of nitrogens with zero attached hydrogens (tertiary/aromatic N) is 1. The van der Waals surface area contributed by atoms with Gasteiger partial charge >= 0.3 is 0 Å².